The number of benzene rings is 2. The quantitative estimate of drug-likeness (QED) is 0.688. The van der Waals surface area contributed by atoms with Crippen molar-refractivity contribution >= 4 is 29.1 Å². The third kappa shape index (κ3) is 5.03. The lowest BCUT2D eigenvalue weighted by molar-refractivity contribution is -0.892. The van der Waals surface area contributed by atoms with Crippen LogP contribution in [0.3, 0.4) is 0 Å². The van der Waals surface area contributed by atoms with Crippen LogP contribution in [-0.2, 0) is 14.4 Å². The van der Waals surface area contributed by atoms with Gasteiger partial charge in [-0.15, -0.1) is 0 Å². The number of nitrogens with one attached hydrogen (secondary N) is 2. The molecule has 2 aliphatic rings. The van der Waals surface area contributed by atoms with Crippen molar-refractivity contribution in [2.75, 3.05) is 55.6 Å². The van der Waals surface area contributed by atoms with Gasteiger partial charge in [-0.05, 0) is 31.2 Å². The van der Waals surface area contributed by atoms with Crippen LogP contribution in [0.5, 0.6) is 0 Å². The Hall–Kier alpha value is -3.39. The lowest BCUT2D eigenvalue weighted by Gasteiger charge is -2.35. The number of carbonyl (C=O) groups is 3. The van der Waals surface area contributed by atoms with E-state index in [9.17, 15) is 14.4 Å². The topological polar surface area (TPSA) is 77.4 Å². The molecule has 0 spiro atoms. The molecular formula is C23H28N5O3+. The van der Waals surface area contributed by atoms with E-state index in [0.29, 0.717) is 5.69 Å². The lowest BCUT2D eigenvalue weighted by Crippen LogP contribution is -3.16. The van der Waals surface area contributed by atoms with E-state index in [-0.39, 0.29) is 37.4 Å². The average Bonchev–Trinajstić information content (AvgIpc) is 2.78. The van der Waals surface area contributed by atoms with E-state index >= 15 is 0 Å². The van der Waals surface area contributed by atoms with Crippen LogP contribution in [0, 0.1) is 6.92 Å². The first-order valence-corrected chi connectivity index (χ1v) is 10.6. The van der Waals surface area contributed by atoms with Crippen molar-refractivity contribution in [2.24, 2.45) is 0 Å². The summed E-state index contributed by atoms with van der Waals surface area (Å²) in [5, 5.41) is 1.15. The molecule has 0 atom stereocenters. The minimum absolute atomic E-state index is 0.0786. The summed E-state index contributed by atoms with van der Waals surface area (Å²) in [5.74, 6) is -0.752. The van der Waals surface area contributed by atoms with Gasteiger partial charge in [-0.2, -0.15) is 0 Å². The van der Waals surface area contributed by atoms with Crippen molar-refractivity contribution < 1.29 is 19.3 Å². The summed E-state index contributed by atoms with van der Waals surface area (Å²) in [6.07, 6.45) is 0. The maximum atomic E-state index is 12.5. The minimum atomic E-state index is -0.294. The molecule has 0 bridgehead atoms. The number of hydrogen-bond donors (Lipinski definition) is 2. The molecule has 0 radical (unpaired) electrons. The van der Waals surface area contributed by atoms with Gasteiger partial charge in [0.1, 0.15) is 13.1 Å². The highest BCUT2D eigenvalue weighted by Crippen LogP contribution is 2.18. The minimum Gasteiger partial charge on any atom is -0.360 e. The van der Waals surface area contributed by atoms with Crippen molar-refractivity contribution in [3.63, 3.8) is 0 Å². The second-order valence-electron chi connectivity index (χ2n) is 8.08. The Balaban J connectivity index is 1.26. The molecule has 162 valence electrons. The van der Waals surface area contributed by atoms with Crippen molar-refractivity contribution in [3.8, 4) is 0 Å². The van der Waals surface area contributed by atoms with Gasteiger partial charge in [0.2, 0.25) is 5.91 Å². The van der Waals surface area contributed by atoms with Crippen molar-refractivity contribution in [3.05, 3.63) is 60.2 Å². The number of amides is 3. The molecular weight excluding hydrogens is 394 g/mol. The van der Waals surface area contributed by atoms with E-state index < -0.39 is 0 Å². The Morgan fingerprint density at radius 2 is 1.58 bits per heavy atom. The highest BCUT2D eigenvalue weighted by molar-refractivity contribution is 6.04. The summed E-state index contributed by atoms with van der Waals surface area (Å²) in [7, 11) is 0. The van der Waals surface area contributed by atoms with Crippen LogP contribution in [0.15, 0.2) is 54.6 Å². The third-order valence-corrected chi connectivity index (χ3v) is 5.80. The van der Waals surface area contributed by atoms with Crippen LogP contribution in [0.1, 0.15) is 5.56 Å². The van der Waals surface area contributed by atoms with E-state index in [1.807, 2.05) is 49.4 Å². The predicted octanol–water partition coefficient (Wildman–Crippen LogP) is -0.393. The summed E-state index contributed by atoms with van der Waals surface area (Å²) in [6.45, 7) is 5.45. The third-order valence-electron chi connectivity index (χ3n) is 5.80. The first-order chi connectivity index (χ1) is 15.0. The fourth-order valence-electron chi connectivity index (χ4n) is 3.99. The van der Waals surface area contributed by atoms with Crippen molar-refractivity contribution in [2.45, 2.75) is 6.92 Å². The van der Waals surface area contributed by atoms with Gasteiger partial charge in [-0.25, -0.2) is 5.01 Å². The molecule has 2 saturated heterocycles. The summed E-state index contributed by atoms with van der Waals surface area (Å²) in [5.41, 5.74) is 5.60. The van der Waals surface area contributed by atoms with Gasteiger partial charge in [-0.3, -0.25) is 19.8 Å². The molecule has 0 saturated carbocycles. The smallest absolute Gasteiger partial charge is 0.293 e. The van der Waals surface area contributed by atoms with Gasteiger partial charge in [0.15, 0.2) is 6.54 Å². The number of para-hydroxylation sites is 1. The number of anilines is 2. The van der Waals surface area contributed by atoms with E-state index in [4.69, 9.17) is 0 Å². The zero-order chi connectivity index (χ0) is 21.8. The molecule has 3 amide bonds. The molecule has 8 heteroatoms. The molecule has 2 aromatic rings. The molecule has 4 rings (SSSR count). The zero-order valence-electron chi connectivity index (χ0n) is 17.7. The molecule has 2 heterocycles. The van der Waals surface area contributed by atoms with Gasteiger partial charge in [0.05, 0.1) is 26.2 Å². The summed E-state index contributed by atoms with van der Waals surface area (Å²) in [4.78, 5) is 42.5. The van der Waals surface area contributed by atoms with Gasteiger partial charge in [0.25, 0.3) is 11.8 Å². The number of quaternary nitrogens is 1. The fourth-order valence-corrected chi connectivity index (χ4v) is 3.99. The van der Waals surface area contributed by atoms with Gasteiger partial charge >= 0.3 is 0 Å². The standard InChI is InChI=1S/C23H27N5O3/c1-18-7-9-20(10-8-18)27-16-23(31)28(17-22(27)30)24-21(29)15-25-11-13-26(14-12-25)19-5-3-2-4-6-19/h2-10H,11-17H2,1H3,(H,24,29)/p+1. The molecule has 8 nitrogen and oxygen atoms in total. The number of piperazine rings is 2. The van der Waals surface area contributed by atoms with Crippen LogP contribution in [-0.4, -0.2) is 68.5 Å². The first kappa shape index (κ1) is 20.9. The number of hydrogen-bond acceptors (Lipinski definition) is 4. The molecule has 2 aromatic carbocycles. The normalized spacial score (nSPS) is 17.8. The monoisotopic (exact) mass is 422 g/mol. The van der Waals surface area contributed by atoms with E-state index in [0.717, 1.165) is 36.8 Å². The van der Waals surface area contributed by atoms with Crippen LogP contribution in [0.2, 0.25) is 0 Å². The number of hydrazine groups is 1. The van der Waals surface area contributed by atoms with Crippen LogP contribution >= 0.6 is 0 Å². The fraction of sp³-hybridized carbons (Fsp3) is 0.348. The maximum Gasteiger partial charge on any atom is 0.293 e. The second-order valence-corrected chi connectivity index (χ2v) is 8.08. The SMILES string of the molecule is Cc1ccc(N2CC(=O)N(NC(=O)C[NH+]3CCN(c4ccccc4)CC3)CC2=O)cc1. The Morgan fingerprint density at radius 1 is 0.903 bits per heavy atom. The largest absolute Gasteiger partial charge is 0.360 e. The Labute approximate surface area is 182 Å². The molecule has 0 aliphatic carbocycles. The van der Waals surface area contributed by atoms with Crippen molar-refractivity contribution in [1.29, 1.82) is 0 Å². The molecule has 2 fully saturated rings. The van der Waals surface area contributed by atoms with E-state index in [2.05, 4.69) is 22.5 Å². The summed E-state index contributed by atoms with van der Waals surface area (Å²) < 4.78 is 0. The van der Waals surface area contributed by atoms with E-state index in [1.165, 1.54) is 15.5 Å². The number of carbonyl (C=O) groups excluding carboxylic acids is 3. The Morgan fingerprint density at radius 3 is 2.26 bits per heavy atom. The highest BCUT2D eigenvalue weighted by atomic mass is 16.2. The molecule has 0 aromatic heterocycles. The predicted molar refractivity (Wildman–Crippen MR) is 118 cm³/mol. The zero-order valence-corrected chi connectivity index (χ0v) is 17.7. The summed E-state index contributed by atoms with van der Waals surface area (Å²) in [6, 6.07) is 17.7. The number of rotatable bonds is 5. The first-order valence-electron chi connectivity index (χ1n) is 10.6. The highest BCUT2D eigenvalue weighted by Gasteiger charge is 2.32. The molecule has 2 N–H and O–H groups in total. The number of aryl methyl sites for hydroxylation is 1. The van der Waals surface area contributed by atoms with Crippen LogP contribution in [0.4, 0.5) is 11.4 Å². The van der Waals surface area contributed by atoms with Gasteiger partial charge < -0.3 is 14.7 Å². The molecule has 2 aliphatic heterocycles. The van der Waals surface area contributed by atoms with Gasteiger partial charge in [0, 0.05) is 11.4 Å². The summed E-state index contributed by atoms with van der Waals surface area (Å²) >= 11 is 0. The maximum absolute atomic E-state index is 12.5. The van der Waals surface area contributed by atoms with E-state index in [1.54, 1.807) is 0 Å². The van der Waals surface area contributed by atoms with Crippen LogP contribution < -0.4 is 20.1 Å². The lowest BCUT2D eigenvalue weighted by atomic mass is 10.2. The molecule has 0 unspecified atom stereocenters. The Bertz CT molecular complexity index is 939. The Kier molecular flexibility index (Phi) is 6.18. The average molecular weight is 423 g/mol. The van der Waals surface area contributed by atoms with Gasteiger partial charge in [-0.1, -0.05) is 35.9 Å². The van der Waals surface area contributed by atoms with Crippen LogP contribution in [0.25, 0.3) is 0 Å². The second kappa shape index (κ2) is 9.18. The number of nitrogens with zero attached hydrogens (tertiary/aromatic N) is 3. The molecule has 31 heavy (non-hydrogen) atoms. The van der Waals surface area contributed by atoms with Crippen molar-refractivity contribution in [1.82, 2.24) is 10.4 Å².